The van der Waals surface area contributed by atoms with Gasteiger partial charge >= 0.3 is 0 Å². The molecule has 1 N–H and O–H groups in total. The summed E-state index contributed by atoms with van der Waals surface area (Å²) in [7, 11) is -3.43. The molecule has 1 aliphatic rings. The number of aromatic amines is 1. The van der Waals surface area contributed by atoms with Crippen LogP contribution in [0, 0.1) is 13.8 Å². The standard InChI is InChI=1S/C11H18BrN3O2S/c1-8-11(9(2)14-13-8)18(16,17)15(7-6-12)10-4-3-5-10/h10H,3-7H2,1-2H3,(H,13,14). The lowest BCUT2D eigenvalue weighted by Crippen LogP contribution is -2.45. The van der Waals surface area contributed by atoms with Crippen molar-refractivity contribution in [1.29, 1.82) is 0 Å². The summed E-state index contributed by atoms with van der Waals surface area (Å²) in [6.07, 6.45) is 3.03. The van der Waals surface area contributed by atoms with Gasteiger partial charge in [0.15, 0.2) is 0 Å². The summed E-state index contributed by atoms with van der Waals surface area (Å²) in [6.45, 7) is 3.99. The number of nitrogens with one attached hydrogen (secondary N) is 1. The summed E-state index contributed by atoms with van der Waals surface area (Å²) in [5.41, 5.74) is 1.16. The van der Waals surface area contributed by atoms with Gasteiger partial charge in [-0.2, -0.15) is 9.40 Å². The summed E-state index contributed by atoms with van der Waals surface area (Å²) in [5.74, 6) is 0. The van der Waals surface area contributed by atoms with E-state index < -0.39 is 10.0 Å². The van der Waals surface area contributed by atoms with Crippen molar-refractivity contribution < 1.29 is 8.42 Å². The van der Waals surface area contributed by atoms with Gasteiger partial charge in [0.25, 0.3) is 0 Å². The second-order valence-electron chi connectivity index (χ2n) is 4.65. The Labute approximate surface area is 116 Å². The Hall–Kier alpha value is -0.400. The number of alkyl halides is 1. The third-order valence-corrected chi connectivity index (χ3v) is 5.98. The van der Waals surface area contributed by atoms with Gasteiger partial charge in [-0.15, -0.1) is 0 Å². The van der Waals surface area contributed by atoms with E-state index in [2.05, 4.69) is 26.1 Å². The number of nitrogens with zero attached hydrogens (tertiary/aromatic N) is 2. The molecule has 1 saturated carbocycles. The van der Waals surface area contributed by atoms with Crippen molar-refractivity contribution in [2.75, 3.05) is 11.9 Å². The highest BCUT2D eigenvalue weighted by Crippen LogP contribution is 2.31. The number of hydrogen-bond donors (Lipinski definition) is 1. The Kier molecular flexibility index (Phi) is 4.13. The first-order valence-corrected chi connectivity index (χ1v) is 8.64. The maximum Gasteiger partial charge on any atom is 0.247 e. The van der Waals surface area contributed by atoms with Gasteiger partial charge in [0.05, 0.1) is 11.4 Å². The van der Waals surface area contributed by atoms with Crippen molar-refractivity contribution in [2.24, 2.45) is 0 Å². The summed E-state index contributed by atoms with van der Waals surface area (Å²) in [5, 5.41) is 7.38. The summed E-state index contributed by atoms with van der Waals surface area (Å²) >= 11 is 3.33. The molecular weight excluding hydrogens is 318 g/mol. The van der Waals surface area contributed by atoms with Crippen LogP contribution in [0.5, 0.6) is 0 Å². The lowest BCUT2D eigenvalue weighted by Gasteiger charge is -2.36. The Morgan fingerprint density at radius 3 is 2.50 bits per heavy atom. The molecule has 1 heterocycles. The molecule has 1 fully saturated rings. The Morgan fingerprint density at radius 2 is 2.11 bits per heavy atom. The van der Waals surface area contributed by atoms with Gasteiger partial charge < -0.3 is 0 Å². The summed E-state index contributed by atoms with van der Waals surface area (Å²) in [6, 6.07) is 0.154. The minimum absolute atomic E-state index is 0.154. The molecule has 0 atom stereocenters. The SMILES string of the molecule is Cc1n[nH]c(C)c1S(=O)(=O)N(CCBr)C1CCC1. The van der Waals surface area contributed by atoms with Crippen LogP contribution in [-0.2, 0) is 10.0 Å². The lowest BCUT2D eigenvalue weighted by molar-refractivity contribution is 0.228. The molecule has 0 unspecified atom stereocenters. The maximum atomic E-state index is 12.7. The fraction of sp³-hybridized carbons (Fsp3) is 0.727. The number of H-pyrrole nitrogens is 1. The first-order valence-electron chi connectivity index (χ1n) is 6.08. The molecule has 0 aromatic carbocycles. The smallest absolute Gasteiger partial charge is 0.247 e. The Balaban J connectivity index is 2.38. The van der Waals surface area contributed by atoms with E-state index in [1.54, 1.807) is 18.2 Å². The molecule has 0 aliphatic heterocycles. The molecule has 0 saturated heterocycles. The molecule has 1 aromatic heterocycles. The third-order valence-electron chi connectivity index (χ3n) is 3.41. The number of aryl methyl sites for hydroxylation is 2. The minimum atomic E-state index is -3.43. The van der Waals surface area contributed by atoms with E-state index in [0.717, 1.165) is 19.3 Å². The van der Waals surface area contributed by atoms with Crippen LogP contribution in [0.25, 0.3) is 0 Å². The van der Waals surface area contributed by atoms with Gasteiger partial charge in [-0.1, -0.05) is 22.4 Å². The van der Waals surface area contributed by atoms with Crippen LogP contribution in [0.2, 0.25) is 0 Å². The van der Waals surface area contributed by atoms with Crippen molar-refractivity contribution in [3.05, 3.63) is 11.4 Å². The van der Waals surface area contributed by atoms with Gasteiger partial charge in [0.2, 0.25) is 10.0 Å². The predicted molar refractivity (Wildman–Crippen MR) is 73.4 cm³/mol. The highest BCUT2D eigenvalue weighted by Gasteiger charge is 2.36. The molecule has 5 nitrogen and oxygen atoms in total. The lowest BCUT2D eigenvalue weighted by atomic mass is 9.93. The van der Waals surface area contributed by atoms with Crippen LogP contribution < -0.4 is 0 Å². The average molecular weight is 336 g/mol. The van der Waals surface area contributed by atoms with Crippen molar-refractivity contribution in [3.8, 4) is 0 Å². The minimum Gasteiger partial charge on any atom is -0.281 e. The quantitative estimate of drug-likeness (QED) is 0.836. The number of hydrogen-bond acceptors (Lipinski definition) is 3. The zero-order chi connectivity index (χ0) is 13.3. The molecule has 0 radical (unpaired) electrons. The van der Waals surface area contributed by atoms with Crippen LogP contribution in [0.4, 0.5) is 0 Å². The van der Waals surface area contributed by atoms with Crippen LogP contribution >= 0.6 is 15.9 Å². The second-order valence-corrected chi connectivity index (χ2v) is 7.27. The van der Waals surface area contributed by atoms with E-state index >= 15 is 0 Å². The van der Waals surface area contributed by atoms with Gasteiger partial charge in [0, 0.05) is 17.9 Å². The number of rotatable bonds is 5. The molecule has 0 amide bonds. The van der Waals surface area contributed by atoms with E-state index in [0.29, 0.717) is 28.2 Å². The predicted octanol–water partition coefficient (Wildman–Crippen LogP) is 1.96. The highest BCUT2D eigenvalue weighted by molar-refractivity contribution is 9.09. The maximum absolute atomic E-state index is 12.7. The molecule has 0 spiro atoms. The number of aromatic nitrogens is 2. The molecular formula is C11H18BrN3O2S. The van der Waals surface area contributed by atoms with E-state index in [-0.39, 0.29) is 6.04 Å². The molecule has 18 heavy (non-hydrogen) atoms. The Bertz CT molecular complexity index is 503. The number of sulfonamides is 1. The summed E-state index contributed by atoms with van der Waals surface area (Å²) < 4.78 is 27.0. The van der Waals surface area contributed by atoms with E-state index in [1.807, 2.05) is 0 Å². The third kappa shape index (κ3) is 2.35. The molecule has 1 aromatic rings. The van der Waals surface area contributed by atoms with Crippen molar-refractivity contribution in [1.82, 2.24) is 14.5 Å². The normalized spacial score (nSPS) is 17.1. The van der Waals surface area contributed by atoms with Crippen LogP contribution in [0.15, 0.2) is 4.90 Å². The van der Waals surface area contributed by atoms with Crippen molar-refractivity contribution in [3.63, 3.8) is 0 Å². The largest absolute Gasteiger partial charge is 0.281 e. The van der Waals surface area contributed by atoms with Crippen molar-refractivity contribution >= 4 is 26.0 Å². The zero-order valence-corrected chi connectivity index (χ0v) is 13.0. The van der Waals surface area contributed by atoms with E-state index in [4.69, 9.17) is 0 Å². The van der Waals surface area contributed by atoms with Gasteiger partial charge in [0.1, 0.15) is 4.90 Å². The first kappa shape index (κ1) is 14.0. The van der Waals surface area contributed by atoms with Gasteiger partial charge in [-0.3, -0.25) is 5.10 Å². The highest BCUT2D eigenvalue weighted by atomic mass is 79.9. The van der Waals surface area contributed by atoms with E-state index in [1.165, 1.54) is 0 Å². The topological polar surface area (TPSA) is 66.1 Å². The Morgan fingerprint density at radius 1 is 1.44 bits per heavy atom. The van der Waals surface area contributed by atoms with Crippen LogP contribution in [-0.4, -0.2) is 40.8 Å². The molecule has 102 valence electrons. The van der Waals surface area contributed by atoms with Gasteiger partial charge in [-0.05, 0) is 26.7 Å². The zero-order valence-electron chi connectivity index (χ0n) is 10.6. The van der Waals surface area contributed by atoms with Gasteiger partial charge in [-0.25, -0.2) is 8.42 Å². The average Bonchev–Trinajstić information content (AvgIpc) is 2.55. The fourth-order valence-electron chi connectivity index (χ4n) is 2.29. The monoisotopic (exact) mass is 335 g/mol. The summed E-state index contributed by atoms with van der Waals surface area (Å²) in [4.78, 5) is 0.343. The second kappa shape index (κ2) is 5.30. The van der Waals surface area contributed by atoms with Crippen molar-refractivity contribution in [2.45, 2.75) is 44.0 Å². The van der Waals surface area contributed by atoms with Crippen LogP contribution in [0.1, 0.15) is 30.7 Å². The number of halogens is 1. The first-order chi connectivity index (χ1) is 8.48. The van der Waals surface area contributed by atoms with Crippen LogP contribution in [0.3, 0.4) is 0 Å². The molecule has 1 aliphatic carbocycles. The molecule has 2 rings (SSSR count). The van der Waals surface area contributed by atoms with E-state index in [9.17, 15) is 8.42 Å². The molecule has 0 bridgehead atoms. The molecule has 7 heteroatoms. The fourth-order valence-corrected chi connectivity index (χ4v) is 4.93.